The molecular weight excluding hydrogens is 449 g/mol. The lowest BCUT2D eigenvalue weighted by atomic mass is 10.1. The SMILES string of the molecule is CSC1=NN2C(=N)C(=Cc3cc(C)n(-c4cc(Cl)ccc4Cl)c3C)C(=O)N=C2S1. The van der Waals surface area contributed by atoms with Crippen molar-refractivity contribution in [1.82, 2.24) is 9.58 Å². The summed E-state index contributed by atoms with van der Waals surface area (Å²) in [5.74, 6) is -0.431. The zero-order chi connectivity index (χ0) is 20.9. The summed E-state index contributed by atoms with van der Waals surface area (Å²) in [5.41, 5.74) is 3.55. The lowest BCUT2D eigenvalue weighted by Crippen LogP contribution is -2.35. The van der Waals surface area contributed by atoms with E-state index in [1.807, 2.05) is 30.7 Å². The van der Waals surface area contributed by atoms with E-state index in [0.717, 1.165) is 27.0 Å². The van der Waals surface area contributed by atoms with Crippen molar-refractivity contribution in [3.63, 3.8) is 0 Å². The quantitative estimate of drug-likeness (QED) is 0.609. The second-order valence-corrected chi connectivity index (χ2v) is 9.20. The third-order valence-corrected chi connectivity index (χ3v) is 6.97. The van der Waals surface area contributed by atoms with E-state index in [4.69, 9.17) is 28.6 Å². The van der Waals surface area contributed by atoms with Crippen molar-refractivity contribution in [2.24, 2.45) is 10.1 Å². The number of benzene rings is 1. The Bertz CT molecular complexity index is 1170. The van der Waals surface area contributed by atoms with Gasteiger partial charge < -0.3 is 4.57 Å². The molecule has 0 aliphatic carbocycles. The number of aryl methyl sites for hydroxylation is 1. The Balaban J connectivity index is 1.78. The Labute approximate surface area is 186 Å². The number of hydrazone groups is 1. The maximum Gasteiger partial charge on any atom is 0.283 e. The summed E-state index contributed by atoms with van der Waals surface area (Å²) in [4.78, 5) is 16.7. The number of aliphatic imine (C=N–C) groups is 1. The molecule has 0 bridgehead atoms. The van der Waals surface area contributed by atoms with Crippen LogP contribution in [0.4, 0.5) is 0 Å². The largest absolute Gasteiger partial charge is 0.316 e. The van der Waals surface area contributed by atoms with Gasteiger partial charge in [-0.25, -0.2) is 0 Å². The van der Waals surface area contributed by atoms with Crippen molar-refractivity contribution in [2.45, 2.75) is 13.8 Å². The smallest absolute Gasteiger partial charge is 0.283 e. The highest BCUT2D eigenvalue weighted by molar-refractivity contribution is 8.45. The van der Waals surface area contributed by atoms with E-state index in [-0.39, 0.29) is 11.4 Å². The molecule has 1 aromatic carbocycles. The summed E-state index contributed by atoms with van der Waals surface area (Å²) in [7, 11) is 0. The van der Waals surface area contributed by atoms with Crippen LogP contribution in [0.25, 0.3) is 11.8 Å². The highest BCUT2D eigenvalue weighted by atomic mass is 35.5. The summed E-state index contributed by atoms with van der Waals surface area (Å²) >= 11 is 15.3. The lowest BCUT2D eigenvalue weighted by molar-refractivity contribution is -0.114. The Hall–Kier alpha value is -2.00. The van der Waals surface area contributed by atoms with Gasteiger partial charge in [0.05, 0.1) is 16.3 Å². The van der Waals surface area contributed by atoms with E-state index in [1.54, 1.807) is 24.3 Å². The standard InChI is InChI=1S/C19H15Cl2N5OS2/c1-9-6-11(10(2)25(9)15-8-12(20)4-5-14(15)21)7-13-16(22)26-18(23-17(13)27)29-19(24-26)28-3/h4-8,22H,1-3H3. The minimum Gasteiger partial charge on any atom is -0.316 e. The first-order valence-electron chi connectivity index (χ1n) is 8.48. The highest BCUT2D eigenvalue weighted by Gasteiger charge is 2.35. The van der Waals surface area contributed by atoms with Crippen molar-refractivity contribution >= 4 is 74.1 Å². The van der Waals surface area contributed by atoms with Crippen LogP contribution < -0.4 is 0 Å². The molecule has 0 fully saturated rings. The topological polar surface area (TPSA) is 73.8 Å². The molecule has 3 heterocycles. The van der Waals surface area contributed by atoms with E-state index in [9.17, 15) is 4.79 Å². The van der Waals surface area contributed by atoms with Gasteiger partial charge in [0.25, 0.3) is 5.91 Å². The van der Waals surface area contributed by atoms with Gasteiger partial charge in [0.1, 0.15) is 0 Å². The average molecular weight is 464 g/mol. The molecule has 29 heavy (non-hydrogen) atoms. The Morgan fingerprint density at radius 1 is 1.24 bits per heavy atom. The first-order valence-corrected chi connectivity index (χ1v) is 11.3. The maximum absolute atomic E-state index is 12.6. The molecule has 0 spiro atoms. The van der Waals surface area contributed by atoms with Crippen LogP contribution >= 0.6 is 46.7 Å². The fourth-order valence-corrected chi connectivity index (χ4v) is 4.89. The molecular formula is C19H15Cl2N5OS2. The van der Waals surface area contributed by atoms with E-state index in [0.29, 0.717) is 15.2 Å². The van der Waals surface area contributed by atoms with Crippen LogP contribution in [0.15, 0.2) is 39.9 Å². The van der Waals surface area contributed by atoms with Crippen molar-refractivity contribution in [3.8, 4) is 5.69 Å². The maximum atomic E-state index is 12.6. The number of aromatic nitrogens is 1. The number of carbonyl (C=O) groups excluding carboxylic acids is 1. The van der Waals surface area contributed by atoms with Gasteiger partial charge in [0, 0.05) is 16.4 Å². The molecule has 1 amide bonds. The highest BCUT2D eigenvalue weighted by Crippen LogP contribution is 2.33. The van der Waals surface area contributed by atoms with Gasteiger partial charge in [-0.05, 0) is 67.8 Å². The number of halogens is 2. The molecule has 0 radical (unpaired) electrons. The van der Waals surface area contributed by atoms with Crippen LogP contribution in [0.2, 0.25) is 10.0 Å². The summed E-state index contributed by atoms with van der Waals surface area (Å²) in [5, 5.41) is 15.8. The number of carbonyl (C=O) groups is 1. The van der Waals surface area contributed by atoms with Crippen molar-refractivity contribution < 1.29 is 4.79 Å². The predicted octanol–water partition coefficient (Wildman–Crippen LogP) is 5.34. The number of amidine groups is 2. The van der Waals surface area contributed by atoms with Crippen molar-refractivity contribution in [2.75, 3.05) is 6.26 Å². The predicted molar refractivity (Wildman–Crippen MR) is 124 cm³/mol. The van der Waals surface area contributed by atoms with Crippen LogP contribution in [0.1, 0.15) is 17.0 Å². The molecule has 148 valence electrons. The van der Waals surface area contributed by atoms with Crippen molar-refractivity contribution in [1.29, 1.82) is 5.41 Å². The van der Waals surface area contributed by atoms with Crippen LogP contribution in [-0.4, -0.2) is 37.1 Å². The molecule has 10 heteroatoms. The first kappa shape index (κ1) is 20.3. The fourth-order valence-electron chi connectivity index (χ4n) is 3.17. The number of hydrogen-bond acceptors (Lipinski definition) is 5. The number of amides is 1. The minimum atomic E-state index is -0.447. The third kappa shape index (κ3) is 3.54. The molecule has 2 aliphatic rings. The van der Waals surface area contributed by atoms with Gasteiger partial charge in [-0.2, -0.15) is 10.0 Å². The van der Waals surface area contributed by atoms with Gasteiger partial charge >= 0.3 is 0 Å². The van der Waals surface area contributed by atoms with E-state index < -0.39 is 5.91 Å². The van der Waals surface area contributed by atoms with E-state index >= 15 is 0 Å². The van der Waals surface area contributed by atoms with Crippen LogP contribution in [0.5, 0.6) is 0 Å². The van der Waals surface area contributed by atoms with Crippen LogP contribution in [0, 0.1) is 19.3 Å². The van der Waals surface area contributed by atoms with Gasteiger partial charge in [0.15, 0.2) is 10.2 Å². The van der Waals surface area contributed by atoms with Crippen LogP contribution in [0.3, 0.4) is 0 Å². The molecule has 6 nitrogen and oxygen atoms in total. The van der Waals surface area contributed by atoms with Crippen LogP contribution in [-0.2, 0) is 4.79 Å². The Kier molecular flexibility index (Phi) is 5.37. The number of rotatable bonds is 2. The fraction of sp³-hybridized carbons (Fsp3) is 0.158. The zero-order valence-corrected chi connectivity index (χ0v) is 18.8. The number of thioether (sulfide) groups is 2. The molecule has 0 unspecified atom stereocenters. The third-order valence-electron chi connectivity index (χ3n) is 4.53. The summed E-state index contributed by atoms with van der Waals surface area (Å²) in [6, 6.07) is 7.22. The summed E-state index contributed by atoms with van der Waals surface area (Å²) in [6.45, 7) is 3.88. The van der Waals surface area contributed by atoms with Gasteiger partial charge in [-0.3, -0.25) is 10.2 Å². The average Bonchev–Trinajstić information content (AvgIpc) is 3.21. The number of nitrogens with one attached hydrogen (secondary N) is 1. The minimum absolute atomic E-state index is 0.0159. The molecule has 0 saturated carbocycles. The monoisotopic (exact) mass is 463 g/mol. The number of nitrogens with zero attached hydrogens (tertiary/aromatic N) is 4. The van der Waals surface area contributed by atoms with E-state index in [2.05, 4.69) is 10.1 Å². The normalized spacial score (nSPS) is 17.7. The Morgan fingerprint density at radius 3 is 2.72 bits per heavy atom. The molecule has 4 rings (SSSR count). The molecule has 1 aromatic heterocycles. The number of hydrogen-bond donors (Lipinski definition) is 1. The second-order valence-electron chi connectivity index (χ2n) is 6.35. The summed E-state index contributed by atoms with van der Waals surface area (Å²) in [6.07, 6.45) is 3.57. The lowest BCUT2D eigenvalue weighted by Gasteiger charge is -2.20. The molecule has 2 aliphatic heterocycles. The number of fused-ring (bicyclic) bond motifs is 1. The Morgan fingerprint density at radius 2 is 2.00 bits per heavy atom. The zero-order valence-electron chi connectivity index (χ0n) is 15.7. The van der Waals surface area contributed by atoms with Crippen molar-refractivity contribution in [3.05, 3.63) is 56.8 Å². The molecule has 0 saturated heterocycles. The van der Waals surface area contributed by atoms with Gasteiger partial charge in [-0.1, -0.05) is 23.2 Å². The van der Waals surface area contributed by atoms with Gasteiger partial charge in [0.2, 0.25) is 5.17 Å². The summed E-state index contributed by atoms with van der Waals surface area (Å²) < 4.78 is 2.72. The molecule has 2 aromatic rings. The van der Waals surface area contributed by atoms with Gasteiger partial charge in [-0.15, -0.1) is 16.9 Å². The second kappa shape index (κ2) is 7.68. The van der Waals surface area contributed by atoms with E-state index in [1.165, 1.54) is 28.5 Å². The molecule has 0 atom stereocenters. The molecule has 1 N–H and O–H groups in total. The first-order chi connectivity index (χ1) is 13.8.